The first kappa shape index (κ1) is 15.7. The lowest BCUT2D eigenvalue weighted by Crippen LogP contribution is -2.46. The normalized spacial score (nSPS) is 23.3. The van der Waals surface area contributed by atoms with Gasteiger partial charge in [-0.1, -0.05) is 11.8 Å². The number of hydrogen-bond acceptors (Lipinski definition) is 6. The van der Waals surface area contributed by atoms with E-state index in [1.807, 2.05) is 24.4 Å². The zero-order chi connectivity index (χ0) is 15.7. The molecule has 0 aliphatic carbocycles. The zero-order valence-electron chi connectivity index (χ0n) is 13.6. The lowest BCUT2D eigenvalue weighted by atomic mass is 10.2. The molecule has 3 heterocycles. The van der Waals surface area contributed by atoms with Crippen LogP contribution in [0.2, 0.25) is 0 Å². The van der Waals surface area contributed by atoms with Crippen molar-refractivity contribution in [2.75, 3.05) is 25.4 Å². The molecule has 2 unspecified atom stereocenters. The van der Waals surface area contributed by atoms with E-state index < -0.39 is 0 Å². The van der Waals surface area contributed by atoms with Gasteiger partial charge in [-0.3, -0.25) is 4.90 Å². The second-order valence-corrected chi connectivity index (χ2v) is 7.07. The fraction of sp³-hybridized carbons (Fsp3) is 0.667. The third-order valence-corrected chi connectivity index (χ3v) is 4.55. The van der Waals surface area contributed by atoms with Crippen LogP contribution >= 0.6 is 11.8 Å². The molecule has 2 aromatic rings. The van der Waals surface area contributed by atoms with E-state index in [9.17, 15) is 0 Å². The minimum Gasteiger partial charge on any atom is -0.373 e. The van der Waals surface area contributed by atoms with Crippen molar-refractivity contribution in [3.8, 4) is 0 Å². The minimum absolute atomic E-state index is 0.317. The van der Waals surface area contributed by atoms with E-state index >= 15 is 0 Å². The summed E-state index contributed by atoms with van der Waals surface area (Å²) in [6.45, 7) is 11.3. The maximum Gasteiger partial charge on any atom is 0.253 e. The van der Waals surface area contributed by atoms with Crippen molar-refractivity contribution in [3.05, 3.63) is 17.5 Å². The van der Waals surface area contributed by atoms with Crippen LogP contribution in [-0.4, -0.2) is 62.1 Å². The van der Waals surface area contributed by atoms with Crippen LogP contribution in [0.3, 0.4) is 0 Å². The van der Waals surface area contributed by atoms with Gasteiger partial charge in [0.2, 0.25) is 5.16 Å². The number of nitrogens with zero attached hydrogens (tertiary/aromatic N) is 5. The highest BCUT2D eigenvalue weighted by atomic mass is 32.2. The van der Waals surface area contributed by atoms with Gasteiger partial charge in [0.15, 0.2) is 0 Å². The Morgan fingerprint density at radius 1 is 1.23 bits per heavy atom. The zero-order valence-corrected chi connectivity index (χ0v) is 14.4. The van der Waals surface area contributed by atoms with Crippen LogP contribution in [0.15, 0.2) is 11.2 Å². The summed E-state index contributed by atoms with van der Waals surface area (Å²) >= 11 is 1.69. The Hall–Kier alpha value is -1.18. The quantitative estimate of drug-likeness (QED) is 0.802. The van der Waals surface area contributed by atoms with Crippen LogP contribution in [0.4, 0.5) is 0 Å². The summed E-state index contributed by atoms with van der Waals surface area (Å²) in [6, 6.07) is 2.02. The topological polar surface area (TPSA) is 55.5 Å². The van der Waals surface area contributed by atoms with Crippen molar-refractivity contribution in [1.82, 2.24) is 24.5 Å². The van der Waals surface area contributed by atoms with Gasteiger partial charge < -0.3 is 4.74 Å². The van der Waals surface area contributed by atoms with Crippen molar-refractivity contribution < 1.29 is 4.74 Å². The predicted octanol–water partition coefficient (Wildman–Crippen LogP) is 1.94. The summed E-state index contributed by atoms with van der Waals surface area (Å²) in [5, 5.41) is 5.33. The van der Waals surface area contributed by atoms with Gasteiger partial charge in [-0.25, -0.2) is 9.50 Å². The summed E-state index contributed by atoms with van der Waals surface area (Å²) in [6.07, 6.45) is 0.633. The van der Waals surface area contributed by atoms with Gasteiger partial charge in [-0.05, 0) is 33.8 Å². The molecule has 120 valence electrons. The maximum absolute atomic E-state index is 5.76. The van der Waals surface area contributed by atoms with Crippen LogP contribution < -0.4 is 0 Å². The third kappa shape index (κ3) is 3.59. The SMILES string of the molecule is Cc1cc(C)n2nc(SCCN3CC(C)OC(C)C3)nc2n1. The van der Waals surface area contributed by atoms with E-state index in [2.05, 4.69) is 33.8 Å². The number of hydrogen-bond donors (Lipinski definition) is 0. The van der Waals surface area contributed by atoms with Crippen LogP contribution in [0.1, 0.15) is 25.2 Å². The first-order valence-corrected chi connectivity index (χ1v) is 8.71. The van der Waals surface area contributed by atoms with E-state index in [-0.39, 0.29) is 0 Å². The summed E-state index contributed by atoms with van der Waals surface area (Å²) < 4.78 is 7.57. The molecule has 0 aromatic carbocycles. The number of thioether (sulfide) groups is 1. The predicted molar refractivity (Wildman–Crippen MR) is 87.4 cm³/mol. The summed E-state index contributed by atoms with van der Waals surface area (Å²) in [4.78, 5) is 11.4. The molecule has 2 aromatic heterocycles. The molecule has 0 radical (unpaired) electrons. The minimum atomic E-state index is 0.317. The number of rotatable bonds is 4. The Morgan fingerprint density at radius 3 is 2.68 bits per heavy atom. The largest absolute Gasteiger partial charge is 0.373 e. The lowest BCUT2D eigenvalue weighted by molar-refractivity contribution is -0.0661. The number of aryl methyl sites for hydroxylation is 2. The molecule has 2 atom stereocenters. The van der Waals surface area contributed by atoms with Gasteiger partial charge in [-0.2, -0.15) is 4.98 Å². The molecule has 1 saturated heterocycles. The van der Waals surface area contributed by atoms with E-state index in [0.717, 1.165) is 41.9 Å². The van der Waals surface area contributed by atoms with Crippen molar-refractivity contribution in [1.29, 1.82) is 0 Å². The highest BCUT2D eigenvalue weighted by Crippen LogP contribution is 2.17. The molecule has 22 heavy (non-hydrogen) atoms. The molecule has 1 aliphatic heterocycles. The standard InChI is InChI=1S/C15H23N5OS/c1-10-7-11(2)20-14(16-10)17-15(18-20)22-6-5-19-8-12(3)21-13(4)9-19/h7,12-13H,5-6,8-9H2,1-4H3. The highest BCUT2D eigenvalue weighted by molar-refractivity contribution is 7.99. The molecular weight excluding hydrogens is 298 g/mol. The van der Waals surface area contributed by atoms with Gasteiger partial charge in [0.1, 0.15) is 0 Å². The van der Waals surface area contributed by atoms with Gasteiger partial charge in [0.25, 0.3) is 5.78 Å². The van der Waals surface area contributed by atoms with E-state index in [4.69, 9.17) is 4.74 Å². The average Bonchev–Trinajstić information content (AvgIpc) is 2.80. The van der Waals surface area contributed by atoms with Crippen molar-refractivity contribution in [2.45, 2.75) is 45.1 Å². The number of aromatic nitrogens is 4. The smallest absolute Gasteiger partial charge is 0.253 e. The van der Waals surface area contributed by atoms with Gasteiger partial charge in [0.05, 0.1) is 12.2 Å². The highest BCUT2D eigenvalue weighted by Gasteiger charge is 2.21. The van der Waals surface area contributed by atoms with Crippen LogP contribution in [0.25, 0.3) is 5.78 Å². The van der Waals surface area contributed by atoms with Crippen LogP contribution in [0, 0.1) is 13.8 Å². The van der Waals surface area contributed by atoms with E-state index in [1.54, 1.807) is 11.8 Å². The third-order valence-electron chi connectivity index (χ3n) is 3.73. The lowest BCUT2D eigenvalue weighted by Gasteiger charge is -2.35. The summed E-state index contributed by atoms with van der Waals surface area (Å²) in [5.41, 5.74) is 2.04. The molecule has 0 spiro atoms. The molecule has 6 nitrogen and oxygen atoms in total. The Balaban J connectivity index is 1.59. The molecule has 3 rings (SSSR count). The van der Waals surface area contributed by atoms with Gasteiger partial charge in [-0.15, -0.1) is 5.10 Å². The van der Waals surface area contributed by atoms with E-state index in [1.165, 1.54) is 0 Å². The molecule has 0 saturated carbocycles. The summed E-state index contributed by atoms with van der Waals surface area (Å²) in [5.74, 6) is 1.67. The fourth-order valence-corrected chi connectivity index (χ4v) is 3.76. The molecule has 0 amide bonds. The van der Waals surface area contributed by atoms with Crippen LogP contribution in [-0.2, 0) is 4.74 Å². The number of morpholine rings is 1. The van der Waals surface area contributed by atoms with Crippen LogP contribution in [0.5, 0.6) is 0 Å². The average molecular weight is 321 g/mol. The van der Waals surface area contributed by atoms with Gasteiger partial charge in [0, 0.05) is 36.8 Å². The number of fused-ring (bicyclic) bond motifs is 1. The Kier molecular flexibility index (Phi) is 4.65. The first-order valence-electron chi connectivity index (χ1n) is 7.73. The Bertz CT molecular complexity index is 649. The monoisotopic (exact) mass is 321 g/mol. The molecule has 0 N–H and O–H groups in total. The molecular formula is C15H23N5OS. The second-order valence-electron chi connectivity index (χ2n) is 6.01. The van der Waals surface area contributed by atoms with E-state index in [0.29, 0.717) is 18.0 Å². The van der Waals surface area contributed by atoms with Crippen molar-refractivity contribution in [2.24, 2.45) is 0 Å². The first-order chi connectivity index (χ1) is 10.5. The molecule has 1 fully saturated rings. The molecule has 0 bridgehead atoms. The molecule has 7 heteroatoms. The second kappa shape index (κ2) is 6.52. The molecule has 1 aliphatic rings. The fourth-order valence-electron chi connectivity index (χ4n) is 2.94. The van der Waals surface area contributed by atoms with Crippen molar-refractivity contribution in [3.63, 3.8) is 0 Å². The Labute approximate surface area is 135 Å². The Morgan fingerprint density at radius 2 is 1.95 bits per heavy atom. The van der Waals surface area contributed by atoms with Gasteiger partial charge >= 0.3 is 0 Å². The maximum atomic E-state index is 5.76. The number of ether oxygens (including phenoxy) is 1. The summed E-state index contributed by atoms with van der Waals surface area (Å²) in [7, 11) is 0. The van der Waals surface area contributed by atoms with Crippen molar-refractivity contribution >= 4 is 17.5 Å².